The fraction of sp³-hybridized carbons (Fsp3) is 0.286. The summed E-state index contributed by atoms with van der Waals surface area (Å²) in [6, 6.07) is 5.26. The number of hydrogen-bond acceptors (Lipinski definition) is 11. The fourth-order valence-electron chi connectivity index (χ4n) is 3.82. The third-order valence-corrected chi connectivity index (χ3v) is 5.36. The maximum absolute atomic E-state index is 12.8. The molecule has 1 aliphatic rings. The van der Waals surface area contributed by atoms with Crippen LogP contribution < -0.4 is 5.43 Å². The van der Waals surface area contributed by atoms with Crippen molar-refractivity contribution < 1.29 is 50.0 Å². The average Bonchev–Trinajstić information content (AvgIpc) is 2.72. The van der Waals surface area contributed by atoms with Crippen molar-refractivity contribution in [1.29, 1.82) is 0 Å². The first-order valence-electron chi connectivity index (χ1n) is 9.49. The van der Waals surface area contributed by atoms with Crippen molar-refractivity contribution in [3.05, 3.63) is 46.1 Å². The van der Waals surface area contributed by atoms with Crippen LogP contribution in [0.5, 0.6) is 23.0 Å². The summed E-state index contributed by atoms with van der Waals surface area (Å²) in [5.74, 6) is -2.10. The van der Waals surface area contributed by atoms with Crippen LogP contribution >= 0.6 is 0 Å². The van der Waals surface area contributed by atoms with E-state index in [1.165, 1.54) is 12.1 Å². The SMILES string of the molecule is O=c1cc(-c2cc(O)cc(O)c2)oc2c(C3OC(CO)C(O)C(O)C3O)c(O)cc(O)c12. The number of benzene rings is 2. The molecule has 0 spiro atoms. The largest absolute Gasteiger partial charge is 0.508 e. The average molecular weight is 448 g/mol. The summed E-state index contributed by atoms with van der Waals surface area (Å²) in [5, 5.41) is 79.9. The number of hydrogen-bond donors (Lipinski definition) is 8. The molecule has 4 rings (SSSR count). The highest BCUT2D eigenvalue weighted by Crippen LogP contribution is 2.43. The second-order valence-corrected chi connectivity index (χ2v) is 7.50. The Balaban J connectivity index is 1.99. The van der Waals surface area contributed by atoms with Gasteiger partial charge in [-0.15, -0.1) is 0 Å². The molecule has 8 N–H and O–H groups in total. The molecule has 0 aliphatic carbocycles. The molecule has 1 fully saturated rings. The van der Waals surface area contributed by atoms with E-state index >= 15 is 0 Å². The summed E-state index contributed by atoms with van der Waals surface area (Å²) in [6.45, 7) is -0.726. The van der Waals surface area contributed by atoms with Gasteiger partial charge in [0, 0.05) is 23.8 Å². The van der Waals surface area contributed by atoms with E-state index in [1.807, 2.05) is 0 Å². The maximum Gasteiger partial charge on any atom is 0.197 e. The van der Waals surface area contributed by atoms with Crippen LogP contribution in [0.3, 0.4) is 0 Å². The Morgan fingerprint density at radius 1 is 0.812 bits per heavy atom. The molecule has 11 heteroatoms. The van der Waals surface area contributed by atoms with Gasteiger partial charge in [-0.2, -0.15) is 0 Å². The third kappa shape index (κ3) is 3.51. The molecule has 2 heterocycles. The Morgan fingerprint density at radius 3 is 2.09 bits per heavy atom. The van der Waals surface area contributed by atoms with Gasteiger partial charge < -0.3 is 50.0 Å². The highest BCUT2D eigenvalue weighted by atomic mass is 16.5. The van der Waals surface area contributed by atoms with Crippen molar-refractivity contribution in [3.63, 3.8) is 0 Å². The van der Waals surface area contributed by atoms with Crippen LogP contribution in [0.15, 0.2) is 39.5 Å². The normalized spacial score (nSPS) is 25.8. The number of phenols is 4. The van der Waals surface area contributed by atoms with Gasteiger partial charge in [0.05, 0.1) is 12.2 Å². The lowest BCUT2D eigenvalue weighted by Crippen LogP contribution is -2.55. The van der Waals surface area contributed by atoms with Gasteiger partial charge in [-0.25, -0.2) is 0 Å². The predicted octanol–water partition coefficient (Wildman–Crippen LogP) is -0.203. The Labute approximate surface area is 179 Å². The van der Waals surface area contributed by atoms with E-state index in [2.05, 4.69) is 0 Å². The summed E-state index contributed by atoms with van der Waals surface area (Å²) < 4.78 is 11.2. The molecule has 170 valence electrons. The number of fused-ring (bicyclic) bond motifs is 1. The first kappa shape index (κ1) is 21.9. The van der Waals surface area contributed by atoms with Crippen LogP contribution in [0.4, 0.5) is 0 Å². The molecule has 0 amide bonds. The van der Waals surface area contributed by atoms with Crippen LogP contribution in [0.2, 0.25) is 0 Å². The predicted molar refractivity (Wildman–Crippen MR) is 107 cm³/mol. The van der Waals surface area contributed by atoms with Gasteiger partial charge in [-0.05, 0) is 12.1 Å². The summed E-state index contributed by atoms with van der Waals surface area (Å²) in [4.78, 5) is 12.8. The van der Waals surface area contributed by atoms with Gasteiger partial charge in [0.2, 0.25) is 0 Å². The van der Waals surface area contributed by atoms with E-state index in [1.54, 1.807) is 0 Å². The van der Waals surface area contributed by atoms with Crippen LogP contribution in [0, 0.1) is 0 Å². The lowest BCUT2D eigenvalue weighted by Gasteiger charge is -2.40. The Hall–Kier alpha value is -3.35. The molecule has 1 aliphatic heterocycles. The number of aliphatic hydroxyl groups is 4. The highest BCUT2D eigenvalue weighted by Gasteiger charge is 2.46. The van der Waals surface area contributed by atoms with Gasteiger partial charge in [-0.1, -0.05) is 0 Å². The molecule has 0 saturated carbocycles. The molecule has 0 radical (unpaired) electrons. The number of aromatic hydroxyl groups is 4. The fourth-order valence-corrected chi connectivity index (χ4v) is 3.82. The third-order valence-electron chi connectivity index (χ3n) is 5.36. The molecule has 0 bridgehead atoms. The topological polar surface area (TPSA) is 201 Å². The minimum Gasteiger partial charge on any atom is -0.508 e. The van der Waals surface area contributed by atoms with Gasteiger partial charge in [0.1, 0.15) is 64.7 Å². The standard InChI is InChI=1S/C21H20O11/c22-6-14-17(28)18(29)19(30)21(32-14)16-11(26)4-10(25)15-12(27)5-13(31-20(15)16)7-1-8(23)3-9(24)2-7/h1-5,14,17-19,21-26,28-30H,6H2. The first-order valence-corrected chi connectivity index (χ1v) is 9.49. The van der Waals surface area contributed by atoms with Crippen molar-refractivity contribution in [2.24, 2.45) is 0 Å². The van der Waals surface area contributed by atoms with Crippen LogP contribution in [-0.2, 0) is 4.74 Å². The van der Waals surface area contributed by atoms with E-state index in [0.29, 0.717) is 0 Å². The van der Waals surface area contributed by atoms with Gasteiger partial charge in [0.15, 0.2) is 11.0 Å². The summed E-state index contributed by atoms with van der Waals surface area (Å²) >= 11 is 0. The first-order chi connectivity index (χ1) is 15.1. The minimum atomic E-state index is -1.80. The number of ether oxygens (including phenoxy) is 1. The minimum absolute atomic E-state index is 0.0871. The van der Waals surface area contributed by atoms with Crippen LogP contribution in [0.1, 0.15) is 11.7 Å². The number of rotatable bonds is 3. The Bertz CT molecular complexity index is 1210. The summed E-state index contributed by atoms with van der Waals surface area (Å²) in [7, 11) is 0. The zero-order valence-electron chi connectivity index (χ0n) is 16.3. The monoisotopic (exact) mass is 448 g/mol. The second-order valence-electron chi connectivity index (χ2n) is 7.50. The summed E-state index contributed by atoms with van der Waals surface area (Å²) in [6.07, 6.45) is -8.10. The van der Waals surface area contributed by atoms with E-state index in [9.17, 15) is 45.6 Å². The zero-order valence-corrected chi connectivity index (χ0v) is 16.3. The van der Waals surface area contributed by atoms with Crippen molar-refractivity contribution in [3.8, 4) is 34.3 Å². The molecule has 3 aromatic rings. The van der Waals surface area contributed by atoms with Gasteiger partial charge in [-0.3, -0.25) is 4.79 Å². The van der Waals surface area contributed by atoms with Crippen molar-refractivity contribution in [2.75, 3.05) is 6.61 Å². The van der Waals surface area contributed by atoms with Crippen LogP contribution in [0.25, 0.3) is 22.3 Å². The summed E-state index contributed by atoms with van der Waals surface area (Å²) in [5.41, 5.74) is -1.40. The quantitative estimate of drug-likeness (QED) is 0.264. The van der Waals surface area contributed by atoms with E-state index in [0.717, 1.165) is 18.2 Å². The molecule has 32 heavy (non-hydrogen) atoms. The molecule has 11 nitrogen and oxygen atoms in total. The lowest BCUT2D eigenvalue weighted by atomic mass is 9.89. The lowest BCUT2D eigenvalue weighted by molar-refractivity contribution is -0.231. The Kier molecular flexibility index (Phi) is 5.44. The molecule has 1 aromatic heterocycles. The molecule has 1 saturated heterocycles. The highest BCUT2D eigenvalue weighted by molar-refractivity contribution is 5.89. The molecular weight excluding hydrogens is 428 g/mol. The van der Waals surface area contributed by atoms with Gasteiger partial charge >= 0.3 is 0 Å². The van der Waals surface area contributed by atoms with Crippen molar-refractivity contribution in [2.45, 2.75) is 30.5 Å². The van der Waals surface area contributed by atoms with E-state index in [4.69, 9.17) is 9.15 Å². The van der Waals surface area contributed by atoms with Gasteiger partial charge in [0.25, 0.3) is 0 Å². The molecular formula is C21H20O11. The van der Waals surface area contributed by atoms with Crippen LogP contribution in [-0.4, -0.2) is 71.9 Å². The Morgan fingerprint density at radius 2 is 1.47 bits per heavy atom. The second kappa shape index (κ2) is 7.97. The maximum atomic E-state index is 12.8. The smallest absolute Gasteiger partial charge is 0.197 e. The van der Waals surface area contributed by atoms with Crippen molar-refractivity contribution in [1.82, 2.24) is 0 Å². The number of aliphatic hydroxyl groups excluding tert-OH is 4. The number of phenolic OH excluding ortho intramolecular Hbond substituents is 4. The molecule has 5 unspecified atom stereocenters. The molecule has 2 aromatic carbocycles. The zero-order chi connectivity index (χ0) is 23.3. The molecule has 5 atom stereocenters. The van der Waals surface area contributed by atoms with E-state index in [-0.39, 0.29) is 33.8 Å². The van der Waals surface area contributed by atoms with E-state index < -0.39 is 59.6 Å². The van der Waals surface area contributed by atoms with Crippen molar-refractivity contribution >= 4 is 11.0 Å².